The van der Waals surface area contributed by atoms with E-state index >= 15 is 0 Å². The monoisotopic (exact) mass is 335 g/mol. The molecule has 0 fully saturated rings. The topological polar surface area (TPSA) is 12.0 Å². The summed E-state index contributed by atoms with van der Waals surface area (Å²) in [6.07, 6.45) is 2.24. The summed E-state index contributed by atoms with van der Waals surface area (Å²) in [7, 11) is 0. The second-order valence-corrected chi connectivity index (χ2v) is 5.66. The van der Waals surface area contributed by atoms with Gasteiger partial charge in [-0.25, -0.2) is 0 Å². The molecule has 0 radical (unpaired) electrons. The number of halogens is 1. The molecule has 0 bridgehead atoms. The molecule has 1 N–H and O–H groups in total. The lowest BCUT2D eigenvalue weighted by molar-refractivity contribution is 0.744. The summed E-state index contributed by atoms with van der Waals surface area (Å²) < 4.78 is 1.36. The fraction of sp³-hybridized carbons (Fsp3) is 0.200. The number of anilines is 1. The molecule has 3 rings (SSSR count). The first-order chi connectivity index (χ1) is 8.33. The van der Waals surface area contributed by atoms with Gasteiger partial charge >= 0.3 is 0 Å². The number of nitrogens with one attached hydrogen (secondary N) is 1. The minimum atomic E-state index is 0.545. The van der Waals surface area contributed by atoms with Gasteiger partial charge in [-0.15, -0.1) is 0 Å². The molecule has 0 spiro atoms. The first-order valence-electron chi connectivity index (χ1n) is 5.91. The maximum Gasteiger partial charge on any atom is 0.0375 e. The minimum absolute atomic E-state index is 0.545. The summed E-state index contributed by atoms with van der Waals surface area (Å²) in [5.74, 6) is 0. The van der Waals surface area contributed by atoms with E-state index in [4.69, 9.17) is 0 Å². The van der Waals surface area contributed by atoms with Crippen molar-refractivity contribution in [2.45, 2.75) is 18.9 Å². The molecule has 86 valence electrons. The van der Waals surface area contributed by atoms with Crippen LogP contribution in [0.5, 0.6) is 0 Å². The van der Waals surface area contributed by atoms with E-state index in [-0.39, 0.29) is 0 Å². The average Bonchev–Trinajstić information content (AvgIpc) is 2.74. The lowest BCUT2D eigenvalue weighted by Crippen LogP contribution is -2.18. The zero-order chi connectivity index (χ0) is 11.7. The Labute approximate surface area is 115 Å². The summed E-state index contributed by atoms with van der Waals surface area (Å²) in [6.45, 7) is 0. The number of benzene rings is 2. The van der Waals surface area contributed by atoms with E-state index in [1.807, 2.05) is 0 Å². The highest BCUT2D eigenvalue weighted by Crippen LogP contribution is 2.27. The summed E-state index contributed by atoms with van der Waals surface area (Å²) in [5.41, 5.74) is 4.20. The minimum Gasteiger partial charge on any atom is -0.381 e. The third-order valence-electron chi connectivity index (χ3n) is 3.27. The second kappa shape index (κ2) is 4.69. The molecule has 0 amide bonds. The number of hydrogen-bond acceptors (Lipinski definition) is 1. The van der Waals surface area contributed by atoms with Gasteiger partial charge in [0, 0.05) is 15.3 Å². The van der Waals surface area contributed by atoms with Crippen molar-refractivity contribution in [1.82, 2.24) is 0 Å². The first kappa shape index (κ1) is 11.1. The van der Waals surface area contributed by atoms with Gasteiger partial charge in [0.05, 0.1) is 0 Å². The van der Waals surface area contributed by atoms with Gasteiger partial charge in [-0.2, -0.15) is 0 Å². The number of fused-ring (bicyclic) bond motifs is 1. The molecule has 1 aliphatic heterocycles. The van der Waals surface area contributed by atoms with Crippen molar-refractivity contribution < 1.29 is 0 Å². The molecule has 2 aromatic rings. The van der Waals surface area contributed by atoms with Gasteiger partial charge < -0.3 is 5.32 Å². The summed E-state index contributed by atoms with van der Waals surface area (Å²) in [5, 5.41) is 3.61. The highest BCUT2D eigenvalue weighted by molar-refractivity contribution is 14.1. The third-order valence-corrected chi connectivity index (χ3v) is 4.32. The average molecular weight is 335 g/mol. The molecular weight excluding hydrogens is 321 g/mol. The molecule has 1 heterocycles. The van der Waals surface area contributed by atoms with Crippen molar-refractivity contribution in [2.24, 2.45) is 0 Å². The zero-order valence-corrected chi connectivity index (χ0v) is 11.6. The Morgan fingerprint density at radius 1 is 1.06 bits per heavy atom. The Balaban J connectivity index is 1.76. The van der Waals surface area contributed by atoms with Gasteiger partial charge in [0.1, 0.15) is 0 Å². The summed E-state index contributed by atoms with van der Waals surface area (Å²) in [4.78, 5) is 0. The van der Waals surface area contributed by atoms with Gasteiger partial charge in [0.2, 0.25) is 0 Å². The number of hydrogen-bond donors (Lipinski definition) is 1. The van der Waals surface area contributed by atoms with E-state index in [2.05, 4.69) is 76.4 Å². The lowest BCUT2D eigenvalue weighted by Gasteiger charge is -2.12. The van der Waals surface area contributed by atoms with Gasteiger partial charge in [-0.05, 0) is 58.7 Å². The Morgan fingerprint density at radius 3 is 2.65 bits per heavy atom. The van der Waals surface area contributed by atoms with Crippen molar-refractivity contribution in [3.8, 4) is 0 Å². The second-order valence-electron chi connectivity index (χ2n) is 4.50. The number of rotatable bonds is 2. The maximum atomic E-state index is 3.61. The largest absolute Gasteiger partial charge is 0.381 e. The standard InChI is InChI=1S/C15H14IN/c16-14-7-3-1-5-11(14)9-13-10-12-6-2-4-8-15(12)17-13/h1-8,13,17H,9-10H2/t13-/m1/s1. The predicted molar refractivity (Wildman–Crippen MR) is 80.4 cm³/mol. The van der Waals surface area contributed by atoms with Gasteiger partial charge in [-0.1, -0.05) is 36.4 Å². The SMILES string of the molecule is Ic1ccccc1C[C@@H]1Cc2ccccc2N1. The maximum absolute atomic E-state index is 3.61. The van der Waals surface area contributed by atoms with E-state index in [0.29, 0.717) is 6.04 Å². The summed E-state index contributed by atoms with van der Waals surface area (Å²) in [6, 6.07) is 17.8. The van der Waals surface area contributed by atoms with Crippen molar-refractivity contribution in [3.63, 3.8) is 0 Å². The molecule has 0 aromatic heterocycles. The highest BCUT2D eigenvalue weighted by Gasteiger charge is 2.20. The van der Waals surface area contributed by atoms with Crippen LogP contribution in [0.3, 0.4) is 0 Å². The quantitative estimate of drug-likeness (QED) is 0.822. The molecule has 2 aromatic carbocycles. The van der Waals surface area contributed by atoms with Crippen LogP contribution in [0.25, 0.3) is 0 Å². The van der Waals surface area contributed by atoms with Crippen molar-refractivity contribution in [3.05, 3.63) is 63.2 Å². The molecule has 0 unspecified atom stereocenters. The molecule has 2 heteroatoms. The van der Waals surface area contributed by atoms with Crippen molar-refractivity contribution in [1.29, 1.82) is 0 Å². The van der Waals surface area contributed by atoms with Crippen LogP contribution in [-0.2, 0) is 12.8 Å². The van der Waals surface area contributed by atoms with Crippen LogP contribution in [0.1, 0.15) is 11.1 Å². The zero-order valence-electron chi connectivity index (χ0n) is 9.49. The molecule has 0 saturated carbocycles. The van der Waals surface area contributed by atoms with E-state index in [9.17, 15) is 0 Å². The summed E-state index contributed by atoms with van der Waals surface area (Å²) >= 11 is 2.42. The Hall–Kier alpha value is -1.03. The van der Waals surface area contributed by atoms with Crippen LogP contribution in [0.15, 0.2) is 48.5 Å². The molecule has 0 aliphatic carbocycles. The molecule has 1 aliphatic rings. The third kappa shape index (κ3) is 2.32. The van der Waals surface area contributed by atoms with E-state index in [0.717, 1.165) is 12.8 Å². The Bertz CT molecular complexity index is 511. The van der Waals surface area contributed by atoms with Gasteiger partial charge in [0.15, 0.2) is 0 Å². The van der Waals surface area contributed by atoms with E-state index in [1.165, 1.54) is 20.4 Å². The van der Waals surface area contributed by atoms with E-state index in [1.54, 1.807) is 0 Å². The van der Waals surface area contributed by atoms with Crippen LogP contribution < -0.4 is 5.32 Å². The Morgan fingerprint density at radius 2 is 1.82 bits per heavy atom. The molecular formula is C15H14IN. The fourth-order valence-corrected chi connectivity index (χ4v) is 3.04. The molecule has 17 heavy (non-hydrogen) atoms. The van der Waals surface area contributed by atoms with Crippen LogP contribution >= 0.6 is 22.6 Å². The normalized spacial score (nSPS) is 17.6. The predicted octanol–water partition coefficient (Wildman–Crippen LogP) is 3.87. The fourth-order valence-electron chi connectivity index (χ4n) is 2.43. The number of para-hydroxylation sites is 1. The van der Waals surface area contributed by atoms with Crippen molar-refractivity contribution >= 4 is 28.3 Å². The molecule has 1 nitrogen and oxygen atoms in total. The van der Waals surface area contributed by atoms with Crippen LogP contribution in [0, 0.1) is 3.57 Å². The van der Waals surface area contributed by atoms with E-state index < -0.39 is 0 Å². The highest BCUT2D eigenvalue weighted by atomic mass is 127. The molecule has 1 atom stereocenters. The first-order valence-corrected chi connectivity index (χ1v) is 6.98. The lowest BCUT2D eigenvalue weighted by atomic mass is 10.0. The van der Waals surface area contributed by atoms with Crippen LogP contribution in [-0.4, -0.2) is 6.04 Å². The van der Waals surface area contributed by atoms with Crippen LogP contribution in [0.2, 0.25) is 0 Å². The van der Waals surface area contributed by atoms with Crippen molar-refractivity contribution in [2.75, 3.05) is 5.32 Å². The Kier molecular flexibility index (Phi) is 3.05. The van der Waals surface area contributed by atoms with Gasteiger partial charge in [-0.3, -0.25) is 0 Å². The molecule has 0 saturated heterocycles. The van der Waals surface area contributed by atoms with Gasteiger partial charge in [0.25, 0.3) is 0 Å². The van der Waals surface area contributed by atoms with Crippen LogP contribution in [0.4, 0.5) is 5.69 Å². The smallest absolute Gasteiger partial charge is 0.0375 e.